The van der Waals surface area contributed by atoms with Crippen LogP contribution in [0, 0.1) is 28.6 Å². The molecule has 204 valence electrons. The van der Waals surface area contributed by atoms with Crippen LogP contribution in [0.5, 0.6) is 0 Å². The number of carbonyl (C=O) groups is 2. The molecule has 3 saturated carbocycles. The summed E-state index contributed by atoms with van der Waals surface area (Å²) in [6.07, 6.45) is 25.8. The lowest BCUT2D eigenvalue weighted by atomic mass is 9.47. The number of unbranched alkanes of at least 4 members (excludes halogenated alkanes) is 10. The lowest BCUT2D eigenvalue weighted by molar-refractivity contribution is -0.160. The molecule has 0 aromatic rings. The summed E-state index contributed by atoms with van der Waals surface area (Å²) in [5.41, 5.74) is 1.81. The fourth-order valence-corrected chi connectivity index (χ4v) is 8.86. The second kappa shape index (κ2) is 12.6. The average Bonchev–Trinajstić information content (AvgIpc) is 3.19. The van der Waals surface area contributed by atoms with Crippen LogP contribution in [0.3, 0.4) is 0 Å². The summed E-state index contributed by atoms with van der Waals surface area (Å²) in [7, 11) is 0. The van der Waals surface area contributed by atoms with Crippen molar-refractivity contribution in [2.45, 2.75) is 155 Å². The third-order valence-corrected chi connectivity index (χ3v) is 11.1. The number of esters is 1. The Balaban J connectivity index is 1.17. The molecule has 0 spiro atoms. The Morgan fingerprint density at radius 2 is 1.50 bits per heavy atom. The first kappa shape index (κ1) is 27.9. The third kappa shape index (κ3) is 6.12. The normalized spacial score (nSPS) is 35.5. The molecule has 0 saturated heterocycles. The number of rotatable bonds is 13. The summed E-state index contributed by atoms with van der Waals surface area (Å²) in [6.45, 7) is 7.15. The molecule has 3 nitrogen and oxygen atoms in total. The SMILES string of the molecule is CCCCCCCCCCCCCC(=O)OC1CCC2C3CCC4=CC(=O)CC[C@]4(C)C3CC[C@]12C. The van der Waals surface area contributed by atoms with Crippen molar-refractivity contribution in [3.05, 3.63) is 11.6 Å². The summed E-state index contributed by atoms with van der Waals surface area (Å²) < 4.78 is 6.21. The summed E-state index contributed by atoms with van der Waals surface area (Å²) in [5, 5.41) is 0. The number of hydrogen-bond donors (Lipinski definition) is 0. The van der Waals surface area contributed by atoms with Gasteiger partial charge in [0.2, 0.25) is 0 Å². The van der Waals surface area contributed by atoms with Gasteiger partial charge >= 0.3 is 5.97 Å². The molecular weight excluding hydrogens is 444 g/mol. The minimum atomic E-state index is 0.0477. The zero-order valence-electron chi connectivity index (χ0n) is 23.8. The Bertz CT molecular complexity index is 784. The Morgan fingerprint density at radius 3 is 2.19 bits per heavy atom. The van der Waals surface area contributed by atoms with E-state index < -0.39 is 0 Å². The summed E-state index contributed by atoms with van der Waals surface area (Å²) in [6, 6.07) is 0. The van der Waals surface area contributed by atoms with Gasteiger partial charge in [0, 0.05) is 18.3 Å². The van der Waals surface area contributed by atoms with Crippen LogP contribution in [0.4, 0.5) is 0 Å². The van der Waals surface area contributed by atoms with Gasteiger partial charge in [-0.05, 0) is 80.6 Å². The molecule has 0 amide bonds. The summed E-state index contributed by atoms with van der Waals surface area (Å²) in [5.74, 6) is 2.50. The van der Waals surface area contributed by atoms with E-state index in [9.17, 15) is 9.59 Å². The van der Waals surface area contributed by atoms with Gasteiger partial charge in [-0.15, -0.1) is 0 Å². The topological polar surface area (TPSA) is 43.4 Å². The van der Waals surface area contributed by atoms with Crippen LogP contribution in [0.1, 0.15) is 149 Å². The summed E-state index contributed by atoms with van der Waals surface area (Å²) in [4.78, 5) is 24.8. The molecule has 3 fully saturated rings. The van der Waals surface area contributed by atoms with Crippen molar-refractivity contribution in [2.24, 2.45) is 28.6 Å². The fraction of sp³-hybridized carbons (Fsp3) is 0.879. The van der Waals surface area contributed by atoms with Gasteiger partial charge in [0.1, 0.15) is 6.10 Å². The molecular formula is C33H54O3. The van der Waals surface area contributed by atoms with Crippen molar-refractivity contribution in [3.8, 4) is 0 Å². The van der Waals surface area contributed by atoms with Crippen molar-refractivity contribution < 1.29 is 14.3 Å². The first-order chi connectivity index (χ1) is 17.4. The van der Waals surface area contributed by atoms with Crippen molar-refractivity contribution >= 4 is 11.8 Å². The Kier molecular flexibility index (Phi) is 9.78. The number of ketones is 1. The quantitative estimate of drug-likeness (QED) is 0.188. The average molecular weight is 499 g/mol. The Morgan fingerprint density at radius 1 is 0.833 bits per heavy atom. The van der Waals surface area contributed by atoms with Crippen LogP contribution in [0.2, 0.25) is 0 Å². The van der Waals surface area contributed by atoms with E-state index in [2.05, 4.69) is 20.8 Å². The number of fused-ring (bicyclic) bond motifs is 5. The van der Waals surface area contributed by atoms with Gasteiger partial charge in [0.25, 0.3) is 0 Å². The zero-order valence-corrected chi connectivity index (χ0v) is 23.8. The van der Waals surface area contributed by atoms with E-state index in [0.717, 1.165) is 44.4 Å². The van der Waals surface area contributed by atoms with Crippen LogP contribution in [0.15, 0.2) is 11.6 Å². The number of ether oxygens (including phenoxy) is 1. The molecule has 0 radical (unpaired) electrons. The molecule has 0 N–H and O–H groups in total. The number of carbonyl (C=O) groups excluding carboxylic acids is 2. The second-order valence-corrected chi connectivity index (χ2v) is 13.4. The molecule has 4 aliphatic rings. The summed E-state index contributed by atoms with van der Waals surface area (Å²) >= 11 is 0. The number of hydrogen-bond acceptors (Lipinski definition) is 3. The molecule has 0 aromatic carbocycles. The van der Waals surface area contributed by atoms with Crippen LogP contribution in [-0.4, -0.2) is 17.9 Å². The molecule has 0 aliphatic heterocycles. The molecule has 3 heteroatoms. The Labute approximate surface area is 221 Å². The predicted molar refractivity (Wildman–Crippen MR) is 148 cm³/mol. The zero-order chi connectivity index (χ0) is 25.6. The molecule has 0 bridgehead atoms. The molecule has 0 heterocycles. The van der Waals surface area contributed by atoms with Crippen LogP contribution in [-0.2, 0) is 14.3 Å². The molecule has 4 rings (SSSR count). The van der Waals surface area contributed by atoms with E-state index >= 15 is 0 Å². The van der Waals surface area contributed by atoms with E-state index in [1.165, 1.54) is 89.0 Å². The highest BCUT2D eigenvalue weighted by Crippen LogP contribution is 2.65. The molecule has 0 aromatic heterocycles. The van der Waals surface area contributed by atoms with E-state index in [1.807, 2.05) is 6.08 Å². The second-order valence-electron chi connectivity index (χ2n) is 13.4. The highest BCUT2D eigenvalue weighted by Gasteiger charge is 2.59. The van der Waals surface area contributed by atoms with E-state index in [4.69, 9.17) is 4.74 Å². The molecule has 4 unspecified atom stereocenters. The van der Waals surface area contributed by atoms with E-state index in [1.54, 1.807) is 0 Å². The van der Waals surface area contributed by atoms with Gasteiger partial charge in [-0.3, -0.25) is 9.59 Å². The minimum absolute atomic E-state index is 0.0477. The number of allylic oxidation sites excluding steroid dienone is 1. The van der Waals surface area contributed by atoms with E-state index in [-0.39, 0.29) is 22.9 Å². The largest absolute Gasteiger partial charge is 0.462 e. The van der Waals surface area contributed by atoms with Gasteiger partial charge in [-0.25, -0.2) is 0 Å². The fourth-order valence-electron chi connectivity index (χ4n) is 8.86. The predicted octanol–water partition coefficient (Wildman–Crippen LogP) is 9.13. The van der Waals surface area contributed by atoms with Gasteiger partial charge < -0.3 is 4.74 Å². The van der Waals surface area contributed by atoms with E-state index in [0.29, 0.717) is 24.0 Å². The van der Waals surface area contributed by atoms with Crippen molar-refractivity contribution in [1.29, 1.82) is 0 Å². The smallest absolute Gasteiger partial charge is 0.306 e. The van der Waals surface area contributed by atoms with Crippen molar-refractivity contribution in [3.63, 3.8) is 0 Å². The van der Waals surface area contributed by atoms with Gasteiger partial charge in [0.15, 0.2) is 5.78 Å². The van der Waals surface area contributed by atoms with Crippen LogP contribution < -0.4 is 0 Å². The Hall–Kier alpha value is -1.12. The van der Waals surface area contributed by atoms with Crippen molar-refractivity contribution in [1.82, 2.24) is 0 Å². The van der Waals surface area contributed by atoms with Gasteiger partial charge in [0.05, 0.1) is 0 Å². The van der Waals surface area contributed by atoms with Gasteiger partial charge in [-0.1, -0.05) is 90.6 Å². The van der Waals surface area contributed by atoms with Crippen LogP contribution >= 0.6 is 0 Å². The van der Waals surface area contributed by atoms with Crippen LogP contribution in [0.25, 0.3) is 0 Å². The minimum Gasteiger partial charge on any atom is -0.462 e. The van der Waals surface area contributed by atoms with Gasteiger partial charge in [-0.2, -0.15) is 0 Å². The first-order valence-electron chi connectivity index (χ1n) is 15.8. The highest BCUT2D eigenvalue weighted by molar-refractivity contribution is 5.91. The maximum atomic E-state index is 12.8. The highest BCUT2D eigenvalue weighted by atomic mass is 16.5. The monoisotopic (exact) mass is 498 g/mol. The third-order valence-electron chi connectivity index (χ3n) is 11.1. The standard InChI is InChI=1S/C33H54O3/c1-4-5-6-7-8-9-10-11-12-13-14-15-31(35)36-30-19-18-28-27-17-16-25-24-26(34)20-22-32(25,2)29(27)21-23-33(28,30)3/h24,27-30H,4-23H2,1-3H3/t27?,28?,29?,30?,32-,33-/m0/s1. The first-order valence-corrected chi connectivity index (χ1v) is 15.8. The lowest BCUT2D eigenvalue weighted by Crippen LogP contribution is -2.51. The maximum absolute atomic E-state index is 12.8. The molecule has 36 heavy (non-hydrogen) atoms. The maximum Gasteiger partial charge on any atom is 0.306 e. The molecule has 6 atom stereocenters. The lowest BCUT2D eigenvalue weighted by Gasteiger charge is -2.57. The molecule has 4 aliphatic carbocycles. The van der Waals surface area contributed by atoms with Crippen molar-refractivity contribution in [2.75, 3.05) is 0 Å².